The number of hydrogen-bond acceptors (Lipinski definition) is 5. The number of carbonyl (C=O) groups is 3. The zero-order chi connectivity index (χ0) is 26.3. The Morgan fingerprint density at radius 2 is 1.41 bits per heavy atom. The summed E-state index contributed by atoms with van der Waals surface area (Å²) in [5, 5.41) is 24.7. The van der Waals surface area contributed by atoms with Crippen LogP contribution in [0.1, 0.15) is 42.4 Å². The molecule has 7 N–H and O–H groups in total. The van der Waals surface area contributed by atoms with E-state index in [-0.39, 0.29) is 50.5 Å². The molecule has 0 amide bonds. The van der Waals surface area contributed by atoms with E-state index in [1.165, 1.54) is 12.8 Å². The third-order valence-electron chi connectivity index (χ3n) is 5.76. The van der Waals surface area contributed by atoms with E-state index in [0.29, 0.717) is 27.5 Å². The van der Waals surface area contributed by atoms with Crippen LogP contribution in [0, 0.1) is 13.8 Å². The monoisotopic (exact) mass is 697 g/mol. The van der Waals surface area contributed by atoms with Gasteiger partial charge in [0.25, 0.3) is 0 Å². The number of rotatable bonds is 2. The maximum atomic E-state index is 12.6. The second kappa shape index (κ2) is 15.2. The van der Waals surface area contributed by atoms with Crippen LogP contribution in [0.5, 0.6) is 0 Å². The van der Waals surface area contributed by atoms with E-state index in [9.17, 15) is 9.59 Å². The Labute approximate surface area is 227 Å². The molecular weight excluding hydrogens is 667 g/mol. The first kappa shape index (κ1) is 33.9. The molecule has 1 heterocycles. The van der Waals surface area contributed by atoms with Crippen molar-refractivity contribution in [2.45, 2.75) is 58.0 Å². The standard InChI is InChI=1S/C17H14O4.C6H12N2.C2H2O4.H2O.Pt/c1-9-6-7-13-15(20)12-5-3-4-11(8-14(18)19)17(12)21-16(13)10(9)2;7-5-3-1-2-4-6(5)8;3-1(4)2(5)6;;/h3-7H,8H2,1-2H3,(H,18,19);5-8H,1-4H2;(H,3,4)(H,5,6);1H2;/q;-2;;;+2/t;5-,6-;;;/m.1.../s1. The Bertz CT molecular complexity index is 1280. The van der Waals surface area contributed by atoms with Crippen molar-refractivity contribution in [1.29, 1.82) is 0 Å². The fourth-order valence-electron chi connectivity index (χ4n) is 3.66. The van der Waals surface area contributed by atoms with Crippen LogP contribution >= 0.6 is 0 Å². The second-order valence-corrected chi connectivity index (χ2v) is 8.29. The van der Waals surface area contributed by atoms with Crippen LogP contribution in [-0.2, 0) is 41.9 Å². The molecule has 1 aliphatic rings. The number of nitrogens with one attached hydrogen (secondary N) is 2. The number of para-hydroxylation sites is 1. The molecule has 0 spiro atoms. The molecular formula is C25H30N2O9Pt. The normalized spacial score (nSPS) is 16.1. The van der Waals surface area contributed by atoms with Gasteiger partial charge in [-0.2, -0.15) is 12.1 Å². The molecule has 0 unspecified atom stereocenters. The predicted octanol–water partition coefficient (Wildman–Crippen LogP) is 3.92. The van der Waals surface area contributed by atoms with Gasteiger partial charge in [-0.25, -0.2) is 9.59 Å². The van der Waals surface area contributed by atoms with Crippen molar-refractivity contribution >= 4 is 39.8 Å². The summed E-state index contributed by atoms with van der Waals surface area (Å²) >= 11 is 0. The van der Waals surface area contributed by atoms with Gasteiger partial charge in [0.15, 0.2) is 0 Å². The number of carboxylic acid groups (broad SMARTS) is 3. The van der Waals surface area contributed by atoms with E-state index in [1.807, 2.05) is 19.9 Å². The molecule has 2 aromatic carbocycles. The largest absolute Gasteiger partial charge is 2.00 e. The van der Waals surface area contributed by atoms with Crippen LogP contribution < -0.4 is 5.43 Å². The summed E-state index contributed by atoms with van der Waals surface area (Å²) in [4.78, 5) is 41.7. The van der Waals surface area contributed by atoms with E-state index < -0.39 is 17.9 Å². The molecule has 1 aliphatic carbocycles. The minimum absolute atomic E-state index is 0. The second-order valence-electron chi connectivity index (χ2n) is 8.29. The Morgan fingerprint density at radius 3 is 1.86 bits per heavy atom. The van der Waals surface area contributed by atoms with Gasteiger partial charge in [0.1, 0.15) is 11.2 Å². The molecule has 12 heteroatoms. The fourth-order valence-corrected chi connectivity index (χ4v) is 3.66. The maximum Gasteiger partial charge on any atom is 2.00 e. The van der Waals surface area contributed by atoms with E-state index >= 15 is 0 Å². The topological polar surface area (TPSA) is 221 Å². The van der Waals surface area contributed by atoms with E-state index in [2.05, 4.69) is 0 Å². The Kier molecular flexibility index (Phi) is 13.9. The first-order valence-corrected chi connectivity index (χ1v) is 11.0. The van der Waals surface area contributed by atoms with Crippen molar-refractivity contribution in [3.63, 3.8) is 0 Å². The van der Waals surface area contributed by atoms with Crippen LogP contribution in [0.15, 0.2) is 39.5 Å². The summed E-state index contributed by atoms with van der Waals surface area (Å²) in [6.07, 6.45) is 4.08. The third kappa shape index (κ3) is 9.05. The maximum absolute atomic E-state index is 12.6. The van der Waals surface area contributed by atoms with Gasteiger partial charge >= 0.3 is 39.0 Å². The van der Waals surface area contributed by atoms with Gasteiger partial charge in [0.05, 0.1) is 17.2 Å². The summed E-state index contributed by atoms with van der Waals surface area (Å²) in [5.74, 6) is -4.60. The molecule has 204 valence electrons. The number of aryl methyl sites for hydroxylation is 2. The summed E-state index contributed by atoms with van der Waals surface area (Å²) in [5.41, 5.74) is 17.8. The Morgan fingerprint density at radius 1 is 0.892 bits per heavy atom. The van der Waals surface area contributed by atoms with Crippen molar-refractivity contribution in [1.82, 2.24) is 0 Å². The molecule has 0 bridgehead atoms. The van der Waals surface area contributed by atoms with Gasteiger partial charge in [-0.05, 0) is 37.1 Å². The third-order valence-corrected chi connectivity index (χ3v) is 5.76. The van der Waals surface area contributed by atoms with Crippen LogP contribution in [0.4, 0.5) is 0 Å². The summed E-state index contributed by atoms with van der Waals surface area (Å²) in [6.45, 7) is 3.84. The average Bonchev–Trinajstić information content (AvgIpc) is 2.80. The van der Waals surface area contributed by atoms with Gasteiger partial charge in [0.2, 0.25) is 5.43 Å². The smallest absolute Gasteiger partial charge is 0.676 e. The molecule has 1 aromatic heterocycles. The number of carboxylic acids is 3. The van der Waals surface area contributed by atoms with Crippen molar-refractivity contribution < 1.29 is 60.7 Å². The fraction of sp³-hybridized carbons (Fsp3) is 0.360. The zero-order valence-corrected chi connectivity index (χ0v) is 22.5. The van der Waals surface area contributed by atoms with E-state index in [0.717, 1.165) is 24.0 Å². The van der Waals surface area contributed by atoms with Crippen LogP contribution in [0.25, 0.3) is 33.4 Å². The minimum Gasteiger partial charge on any atom is -0.676 e. The molecule has 0 saturated heterocycles. The predicted molar refractivity (Wildman–Crippen MR) is 134 cm³/mol. The molecule has 3 aromatic rings. The van der Waals surface area contributed by atoms with Crippen LogP contribution in [-0.4, -0.2) is 50.8 Å². The summed E-state index contributed by atoms with van der Waals surface area (Å²) in [6, 6.07) is 8.52. The van der Waals surface area contributed by atoms with E-state index in [4.69, 9.17) is 40.8 Å². The SMILES string of the molecule is Cc1ccc2c(=O)c3cccc(CC(=O)O)c3oc2c1C.O.O=C(O)C(=O)O.[NH-][C@@H]1CCCC[C@H]1[NH-].[Pt+2]. The zero-order valence-electron chi connectivity index (χ0n) is 20.3. The molecule has 37 heavy (non-hydrogen) atoms. The first-order valence-electron chi connectivity index (χ1n) is 11.0. The summed E-state index contributed by atoms with van der Waals surface area (Å²) in [7, 11) is 0. The van der Waals surface area contributed by atoms with Crippen molar-refractivity contribution in [2.75, 3.05) is 0 Å². The van der Waals surface area contributed by atoms with E-state index in [1.54, 1.807) is 24.3 Å². The first-order chi connectivity index (χ1) is 16.4. The van der Waals surface area contributed by atoms with Gasteiger partial charge in [0, 0.05) is 5.56 Å². The van der Waals surface area contributed by atoms with Gasteiger partial charge < -0.3 is 36.7 Å². The van der Waals surface area contributed by atoms with Gasteiger partial charge in [-0.3, -0.25) is 9.59 Å². The molecule has 1 saturated carbocycles. The van der Waals surface area contributed by atoms with Gasteiger partial charge in [-0.15, -0.1) is 0 Å². The quantitative estimate of drug-likeness (QED) is 0.262. The Balaban J connectivity index is 0.000000675. The number of hydrogen-bond donors (Lipinski definition) is 3. The van der Waals surface area contributed by atoms with Crippen molar-refractivity contribution in [3.05, 3.63) is 68.7 Å². The number of aliphatic carboxylic acids is 3. The minimum atomic E-state index is -1.82. The average molecular weight is 698 g/mol. The molecule has 4 rings (SSSR count). The van der Waals surface area contributed by atoms with Gasteiger partial charge in [-0.1, -0.05) is 43.9 Å². The van der Waals surface area contributed by atoms with Crippen molar-refractivity contribution in [2.24, 2.45) is 0 Å². The molecule has 11 nitrogen and oxygen atoms in total. The van der Waals surface area contributed by atoms with Crippen LogP contribution in [0.3, 0.4) is 0 Å². The van der Waals surface area contributed by atoms with Crippen LogP contribution in [0.2, 0.25) is 0 Å². The summed E-state index contributed by atoms with van der Waals surface area (Å²) < 4.78 is 5.91. The molecule has 2 atom stereocenters. The Hall–Kier alpha value is -3.11. The molecule has 0 aliphatic heterocycles. The molecule has 0 radical (unpaired) electrons. The number of benzene rings is 2. The molecule has 1 fully saturated rings. The van der Waals surface area contributed by atoms with Crippen molar-refractivity contribution in [3.8, 4) is 0 Å². The number of fused-ring (bicyclic) bond motifs is 2.